The van der Waals surface area contributed by atoms with Gasteiger partial charge in [0, 0.05) is 7.11 Å². The summed E-state index contributed by atoms with van der Waals surface area (Å²) in [4.78, 5) is 12.3. The number of aldehydes is 1. The van der Waals surface area contributed by atoms with Gasteiger partial charge in [-0.15, -0.1) is 6.58 Å². The van der Waals surface area contributed by atoms with Crippen molar-refractivity contribution in [3.8, 4) is 0 Å². The quantitative estimate of drug-likeness (QED) is 0.132. The number of rotatable bonds is 7. The van der Waals surface area contributed by atoms with Crippen LogP contribution in [0.2, 0.25) is 0 Å². The van der Waals surface area contributed by atoms with Gasteiger partial charge in [0.15, 0.2) is 6.79 Å². The highest BCUT2D eigenvalue weighted by atomic mass is 16.7. The number of ether oxygens (including phenoxy) is 2. The van der Waals surface area contributed by atoms with Crippen LogP contribution in [0.1, 0.15) is 33.1 Å². The molecule has 0 bridgehead atoms. The van der Waals surface area contributed by atoms with Crippen LogP contribution in [0.15, 0.2) is 49.3 Å². The first kappa shape index (κ1) is 24.6. The third-order valence-corrected chi connectivity index (χ3v) is 2.96. The Morgan fingerprint density at radius 2 is 1.75 bits per heavy atom. The summed E-state index contributed by atoms with van der Waals surface area (Å²) in [5, 5.41) is 0. The molecule has 1 fully saturated rings. The lowest BCUT2D eigenvalue weighted by Crippen LogP contribution is -2.24. The van der Waals surface area contributed by atoms with Gasteiger partial charge in [0.1, 0.15) is 6.29 Å². The molecule has 0 aliphatic carbocycles. The predicted molar refractivity (Wildman–Crippen MR) is 103 cm³/mol. The monoisotopic (exact) mass is 337 g/mol. The minimum atomic E-state index is 0.262. The molecule has 4 nitrogen and oxygen atoms in total. The van der Waals surface area contributed by atoms with Gasteiger partial charge in [-0.2, -0.15) is 0 Å². The zero-order chi connectivity index (χ0) is 18.5. The lowest BCUT2D eigenvalue weighted by molar-refractivity contribution is -0.104. The molecule has 0 aromatic heterocycles. The fourth-order valence-corrected chi connectivity index (χ4v) is 1.75. The van der Waals surface area contributed by atoms with E-state index in [-0.39, 0.29) is 12.7 Å². The summed E-state index contributed by atoms with van der Waals surface area (Å²) < 4.78 is 9.67. The summed E-state index contributed by atoms with van der Waals surface area (Å²) in [6.45, 7) is 10.2. The lowest BCUT2D eigenvalue weighted by Gasteiger charge is -2.20. The van der Waals surface area contributed by atoms with Crippen LogP contribution < -0.4 is 0 Å². The minimum Gasteiger partial charge on any atom is -0.475 e. The maximum atomic E-state index is 9.92. The second-order valence-electron chi connectivity index (χ2n) is 5.44. The van der Waals surface area contributed by atoms with Crippen molar-refractivity contribution >= 4 is 6.29 Å². The molecule has 0 aromatic carbocycles. The zero-order valence-electron chi connectivity index (χ0n) is 15.8. The largest absolute Gasteiger partial charge is 0.475 e. The number of hydrogen-bond acceptors (Lipinski definition) is 4. The summed E-state index contributed by atoms with van der Waals surface area (Å²) >= 11 is 0. The van der Waals surface area contributed by atoms with E-state index in [9.17, 15) is 4.79 Å². The van der Waals surface area contributed by atoms with Crippen molar-refractivity contribution in [2.75, 3.05) is 34.0 Å². The van der Waals surface area contributed by atoms with E-state index in [0.29, 0.717) is 0 Å². The van der Waals surface area contributed by atoms with E-state index in [0.717, 1.165) is 6.29 Å². The maximum Gasteiger partial charge on any atom is 0.187 e. The molecule has 0 amide bonds. The minimum absolute atomic E-state index is 0.262. The molecule has 1 rings (SSSR count). The van der Waals surface area contributed by atoms with Gasteiger partial charge in [-0.05, 0) is 58.0 Å². The van der Waals surface area contributed by atoms with E-state index in [1.54, 1.807) is 25.5 Å². The molecular weight excluding hydrogens is 302 g/mol. The van der Waals surface area contributed by atoms with Gasteiger partial charge in [0.05, 0.1) is 6.26 Å². The van der Waals surface area contributed by atoms with Gasteiger partial charge >= 0.3 is 0 Å². The molecule has 1 aliphatic rings. The van der Waals surface area contributed by atoms with Crippen LogP contribution in [0.25, 0.3) is 0 Å². The van der Waals surface area contributed by atoms with Gasteiger partial charge in [0.2, 0.25) is 0 Å². The highest BCUT2D eigenvalue weighted by Gasteiger charge is 2.02. The zero-order valence-corrected chi connectivity index (χ0v) is 15.8. The van der Waals surface area contributed by atoms with Crippen LogP contribution in [0.4, 0.5) is 0 Å². The first-order chi connectivity index (χ1) is 11.6. The highest BCUT2D eigenvalue weighted by molar-refractivity contribution is 5.65. The second kappa shape index (κ2) is 21.4. The van der Waals surface area contributed by atoms with Gasteiger partial charge in [-0.1, -0.05) is 37.6 Å². The van der Waals surface area contributed by atoms with E-state index in [2.05, 4.69) is 18.5 Å². The summed E-state index contributed by atoms with van der Waals surface area (Å²) in [5.74, 6) is 0.267. The van der Waals surface area contributed by atoms with Crippen LogP contribution in [-0.4, -0.2) is 45.2 Å². The summed E-state index contributed by atoms with van der Waals surface area (Å²) in [7, 11) is 3.76. The number of hydrogen-bond donors (Lipinski definition) is 0. The third-order valence-electron chi connectivity index (χ3n) is 2.96. The van der Waals surface area contributed by atoms with Crippen molar-refractivity contribution in [3.05, 3.63) is 49.3 Å². The number of nitrogens with zero attached hydrogens (tertiary/aromatic N) is 1. The molecule has 1 unspecified atom stereocenters. The number of likely N-dealkylation sites (tertiary alicyclic amines) is 1. The fraction of sp³-hybridized carbons (Fsp3) is 0.550. The third kappa shape index (κ3) is 22.6. The van der Waals surface area contributed by atoms with Gasteiger partial charge in [-0.3, -0.25) is 4.79 Å². The van der Waals surface area contributed by atoms with Crippen molar-refractivity contribution in [3.63, 3.8) is 0 Å². The Bertz CT molecular complexity index is 356. The van der Waals surface area contributed by atoms with E-state index < -0.39 is 0 Å². The van der Waals surface area contributed by atoms with Crippen LogP contribution >= 0.6 is 0 Å². The maximum absolute atomic E-state index is 9.92. The molecular formula is C20H35NO3. The number of allylic oxidation sites excluding steroid dienone is 6. The molecule has 1 atom stereocenters. The van der Waals surface area contributed by atoms with Gasteiger partial charge in [0.25, 0.3) is 0 Å². The van der Waals surface area contributed by atoms with E-state index >= 15 is 0 Å². The van der Waals surface area contributed by atoms with Crippen molar-refractivity contribution in [1.82, 2.24) is 4.90 Å². The Morgan fingerprint density at radius 3 is 2.21 bits per heavy atom. The van der Waals surface area contributed by atoms with E-state index in [1.807, 2.05) is 32.1 Å². The Labute approximate surface area is 148 Å². The topological polar surface area (TPSA) is 38.8 Å². The molecule has 1 aliphatic heterocycles. The molecule has 0 radical (unpaired) electrons. The second-order valence-corrected chi connectivity index (χ2v) is 5.44. The molecule has 0 spiro atoms. The van der Waals surface area contributed by atoms with Crippen molar-refractivity contribution < 1.29 is 14.3 Å². The average Bonchev–Trinajstić information content (AvgIpc) is 2.58. The van der Waals surface area contributed by atoms with Crippen molar-refractivity contribution in [2.45, 2.75) is 33.1 Å². The Morgan fingerprint density at radius 1 is 1.12 bits per heavy atom. The smallest absolute Gasteiger partial charge is 0.187 e. The average molecular weight is 338 g/mol. The first-order valence-corrected chi connectivity index (χ1v) is 8.43. The molecule has 1 heterocycles. The molecule has 4 heteroatoms. The van der Waals surface area contributed by atoms with Gasteiger partial charge < -0.3 is 14.4 Å². The molecule has 0 aromatic rings. The summed E-state index contributed by atoms with van der Waals surface area (Å²) in [5.41, 5.74) is 0. The Hall–Kier alpha value is -1.65. The normalized spacial score (nSPS) is 16.2. The summed E-state index contributed by atoms with van der Waals surface area (Å²) in [6, 6.07) is 0. The first-order valence-electron chi connectivity index (χ1n) is 8.43. The number of piperidine rings is 1. The SMILES string of the molecule is C=CC.CN1CCCCC1.COCO/C=C/C(C)/C=C/C=C/C=O. The Kier molecular flexibility index (Phi) is 21.9. The van der Waals surface area contributed by atoms with Gasteiger partial charge in [-0.25, -0.2) is 0 Å². The number of carbonyl (C=O) groups excluding carboxylic acids is 1. The Balaban J connectivity index is 0. The highest BCUT2D eigenvalue weighted by Crippen LogP contribution is 2.04. The van der Waals surface area contributed by atoms with Crippen LogP contribution in [-0.2, 0) is 14.3 Å². The van der Waals surface area contributed by atoms with Crippen LogP contribution in [0, 0.1) is 5.92 Å². The number of carbonyl (C=O) groups is 1. The standard InChI is InChI=1S/C11H16O3.C6H13N.C3H6/c1-11(6-4-3-5-8-12)7-9-14-10-13-2;1-7-5-3-2-4-6-7;1-3-2/h3-9,11H,10H2,1-2H3;2-6H2,1H3;3H,1H2,2H3/b5-3+,6-4+,9-7+;;. The molecule has 138 valence electrons. The van der Waals surface area contributed by atoms with Crippen LogP contribution in [0.3, 0.4) is 0 Å². The number of methoxy groups -OCH3 is 1. The van der Waals surface area contributed by atoms with E-state index in [1.165, 1.54) is 38.4 Å². The van der Waals surface area contributed by atoms with Crippen LogP contribution in [0.5, 0.6) is 0 Å². The molecule has 24 heavy (non-hydrogen) atoms. The molecule has 0 saturated carbocycles. The van der Waals surface area contributed by atoms with Crippen molar-refractivity contribution in [2.24, 2.45) is 5.92 Å². The van der Waals surface area contributed by atoms with Crippen molar-refractivity contribution in [1.29, 1.82) is 0 Å². The van der Waals surface area contributed by atoms with E-state index in [4.69, 9.17) is 9.47 Å². The fourth-order valence-electron chi connectivity index (χ4n) is 1.75. The lowest BCUT2D eigenvalue weighted by atomic mass is 10.1. The summed E-state index contributed by atoms with van der Waals surface area (Å²) in [6.07, 6.45) is 17.2. The molecule has 0 N–H and O–H groups in total. The molecule has 1 saturated heterocycles. The predicted octanol–water partition coefficient (Wildman–Crippen LogP) is 4.36.